The van der Waals surface area contributed by atoms with Crippen molar-refractivity contribution in [2.75, 3.05) is 105 Å². The molecule has 13 heteroatoms. The highest BCUT2D eigenvalue weighted by atomic mass is 16.6. The third-order valence-electron chi connectivity index (χ3n) is 9.17. The van der Waals surface area contributed by atoms with Crippen LogP contribution >= 0.6 is 0 Å². The van der Waals surface area contributed by atoms with Gasteiger partial charge in [-0.1, -0.05) is 75.1 Å². The van der Waals surface area contributed by atoms with Crippen molar-refractivity contribution < 1.29 is 47.5 Å². The van der Waals surface area contributed by atoms with E-state index < -0.39 is 17.9 Å². The number of aryl methyl sites for hydroxylation is 1. The van der Waals surface area contributed by atoms with Crippen molar-refractivity contribution in [2.45, 2.75) is 84.8 Å². The summed E-state index contributed by atoms with van der Waals surface area (Å²) in [5.74, 6) is -1.41. The van der Waals surface area contributed by atoms with Gasteiger partial charge in [0.1, 0.15) is 6.61 Å². The maximum atomic E-state index is 12.3. The highest BCUT2D eigenvalue weighted by Gasteiger charge is 2.22. The highest BCUT2D eigenvalue weighted by Crippen LogP contribution is 2.25. The lowest BCUT2D eigenvalue weighted by Crippen LogP contribution is -2.37. The van der Waals surface area contributed by atoms with Crippen molar-refractivity contribution in [3.8, 4) is 0 Å². The summed E-state index contributed by atoms with van der Waals surface area (Å²) in [7, 11) is 3.01. The minimum atomic E-state index is -0.554. The first-order chi connectivity index (χ1) is 28.4. The maximum absolute atomic E-state index is 12.3. The van der Waals surface area contributed by atoms with Gasteiger partial charge in [0.05, 0.1) is 104 Å². The average molecular weight is 814 g/mol. The topological polar surface area (TPSA) is 136 Å². The number of azo groups is 1. The molecule has 0 aromatic heterocycles. The van der Waals surface area contributed by atoms with E-state index in [2.05, 4.69) is 59.3 Å². The molecule has 0 aliphatic carbocycles. The van der Waals surface area contributed by atoms with Crippen LogP contribution in [0.15, 0.2) is 70.9 Å². The van der Waals surface area contributed by atoms with Crippen molar-refractivity contribution in [3.63, 3.8) is 0 Å². The smallest absolute Gasteiger partial charge is 0.309 e. The predicted octanol–water partition coefficient (Wildman–Crippen LogP) is 8.23. The second-order valence-electron chi connectivity index (χ2n) is 13.8. The van der Waals surface area contributed by atoms with Gasteiger partial charge in [-0.25, -0.2) is 0 Å². The number of ether oxygens (including phenoxy) is 8. The normalized spacial score (nSPS) is 12.6. The van der Waals surface area contributed by atoms with Gasteiger partial charge in [-0.3, -0.25) is 9.59 Å². The average Bonchev–Trinajstić information content (AvgIpc) is 3.23. The third-order valence-corrected chi connectivity index (χ3v) is 9.17. The first-order valence-electron chi connectivity index (χ1n) is 21.0. The third kappa shape index (κ3) is 24.3. The number of hydrogen-bond acceptors (Lipinski definition) is 13. The van der Waals surface area contributed by atoms with E-state index in [1.807, 2.05) is 37.3 Å². The number of likely N-dealkylation sites (N-methyl/N-ethyl adjacent to an activating group) is 1. The Labute approximate surface area is 347 Å². The van der Waals surface area contributed by atoms with Gasteiger partial charge in [0.15, 0.2) is 0 Å². The Bertz CT molecular complexity index is 1390. The molecule has 0 heterocycles. The van der Waals surface area contributed by atoms with Crippen LogP contribution in [0, 0.1) is 12.8 Å². The molecule has 2 unspecified atom stereocenters. The fourth-order valence-electron chi connectivity index (χ4n) is 5.94. The van der Waals surface area contributed by atoms with Crippen molar-refractivity contribution in [1.29, 1.82) is 0 Å². The van der Waals surface area contributed by atoms with Gasteiger partial charge >= 0.3 is 11.9 Å². The number of carbonyl (C=O) groups is 2. The number of anilines is 1. The van der Waals surface area contributed by atoms with E-state index in [0.29, 0.717) is 79.0 Å². The molecule has 0 bridgehead atoms. The number of rotatable bonds is 36. The van der Waals surface area contributed by atoms with E-state index >= 15 is 0 Å². The van der Waals surface area contributed by atoms with E-state index in [1.165, 1.54) is 32.8 Å². The van der Waals surface area contributed by atoms with Crippen LogP contribution < -0.4 is 4.90 Å². The summed E-state index contributed by atoms with van der Waals surface area (Å²) in [5.41, 5.74) is 4.14. The largest absolute Gasteiger partial charge is 0.469 e. The molecule has 0 N–H and O–H groups in total. The summed E-state index contributed by atoms with van der Waals surface area (Å²) in [6.45, 7) is 12.5. The molecule has 0 aliphatic heterocycles. The number of unbranched alkanes of at least 4 members (excludes halogenated alkanes) is 5. The molecule has 0 amide bonds. The van der Waals surface area contributed by atoms with E-state index in [1.54, 1.807) is 7.05 Å². The van der Waals surface area contributed by atoms with E-state index in [4.69, 9.17) is 37.9 Å². The number of allylic oxidation sites excluding steroid dienone is 2. The van der Waals surface area contributed by atoms with Gasteiger partial charge in [0.2, 0.25) is 0 Å². The molecule has 2 atom stereocenters. The van der Waals surface area contributed by atoms with Crippen LogP contribution in [0.1, 0.15) is 76.3 Å². The minimum absolute atomic E-state index is 0.0244. The molecule has 13 nitrogen and oxygen atoms in total. The molecule has 2 rings (SSSR count). The lowest BCUT2D eigenvalue weighted by atomic mass is 10.0. The van der Waals surface area contributed by atoms with E-state index in [9.17, 15) is 9.59 Å². The zero-order chi connectivity index (χ0) is 41.9. The lowest BCUT2D eigenvalue weighted by molar-refractivity contribution is -0.154. The van der Waals surface area contributed by atoms with Crippen LogP contribution in [0.5, 0.6) is 0 Å². The van der Waals surface area contributed by atoms with Gasteiger partial charge in [-0.2, -0.15) is 10.2 Å². The van der Waals surface area contributed by atoms with Crippen LogP contribution in [0.2, 0.25) is 0 Å². The second kappa shape index (κ2) is 34.2. The quantitative estimate of drug-likeness (QED) is 0.0285. The van der Waals surface area contributed by atoms with Crippen molar-refractivity contribution in [2.24, 2.45) is 16.1 Å². The van der Waals surface area contributed by atoms with Crippen LogP contribution in [-0.4, -0.2) is 118 Å². The molecule has 2 aromatic carbocycles. The highest BCUT2D eigenvalue weighted by molar-refractivity contribution is 5.80. The van der Waals surface area contributed by atoms with Crippen molar-refractivity contribution >= 4 is 23.3 Å². The Hall–Kier alpha value is -3.72. The lowest BCUT2D eigenvalue weighted by Gasteiger charge is -2.29. The van der Waals surface area contributed by atoms with Gasteiger partial charge in [-0.05, 0) is 62.4 Å². The Kier molecular flexibility index (Phi) is 29.7. The Morgan fingerprint density at radius 1 is 0.776 bits per heavy atom. The first kappa shape index (κ1) is 50.4. The van der Waals surface area contributed by atoms with Crippen molar-refractivity contribution in [1.82, 2.24) is 0 Å². The summed E-state index contributed by atoms with van der Waals surface area (Å²) in [5, 5.41) is 8.11. The van der Waals surface area contributed by atoms with Crippen molar-refractivity contribution in [3.05, 3.63) is 71.8 Å². The zero-order valence-electron chi connectivity index (χ0n) is 35.9. The maximum Gasteiger partial charge on any atom is 0.309 e. The minimum Gasteiger partial charge on any atom is -0.469 e. The molecule has 0 spiro atoms. The number of hydrogen-bond donors (Lipinski definition) is 0. The van der Waals surface area contributed by atoms with Crippen LogP contribution in [0.3, 0.4) is 0 Å². The molecule has 2 aromatic rings. The summed E-state index contributed by atoms with van der Waals surface area (Å²) in [6.07, 6.45) is 11.4. The fourth-order valence-corrected chi connectivity index (χ4v) is 5.94. The van der Waals surface area contributed by atoms with Gasteiger partial charge in [0, 0.05) is 25.8 Å². The van der Waals surface area contributed by atoms with Gasteiger partial charge in [0.25, 0.3) is 0 Å². The van der Waals surface area contributed by atoms with Gasteiger partial charge in [-0.15, -0.1) is 0 Å². The molecule has 0 saturated heterocycles. The molecule has 0 fully saturated rings. The number of carbonyl (C=O) groups excluding carboxylic acids is 2. The standard InChI is InChI=1S/C45H71N3O10/c1-6-8-9-10-11-12-13-17-20-40(45(50)51-5)34-44(49)58-32-30-55-28-26-53-24-23-52-25-27-54-29-31-57-42(37-56-36-39-18-15-14-16-19-39)35-48(7-2)41-21-22-43(47-46-4)38(3)33-41/h13-19,21-22,33,40,42H,6-12,20,23-32,34-37H2,1-5H3/b17-13+,47-46?. The Balaban J connectivity index is 1.54. The first-order valence-corrected chi connectivity index (χ1v) is 21.0. The molecule has 0 aliphatic rings. The number of esters is 2. The van der Waals surface area contributed by atoms with Gasteiger partial charge < -0.3 is 42.8 Å². The zero-order valence-corrected chi connectivity index (χ0v) is 35.9. The van der Waals surface area contributed by atoms with E-state index in [0.717, 1.165) is 41.9 Å². The number of nitrogens with zero attached hydrogens (tertiary/aromatic N) is 3. The fraction of sp³-hybridized carbons (Fsp3) is 0.644. The SMILES string of the molecule is CCCCCCC/C=C/CC(CC(=O)OCCOCCOCCOCCOCCOC(COCc1ccccc1)CN(CC)c1ccc(N=NC)c(C)c1)C(=O)OC. The molecular weight excluding hydrogens is 743 g/mol. The molecule has 58 heavy (non-hydrogen) atoms. The van der Waals surface area contributed by atoms with Crippen LogP contribution in [-0.2, 0) is 54.1 Å². The summed E-state index contributed by atoms with van der Waals surface area (Å²) >= 11 is 0. The summed E-state index contributed by atoms with van der Waals surface area (Å²) in [4.78, 5) is 26.7. The summed E-state index contributed by atoms with van der Waals surface area (Å²) in [6, 6.07) is 16.3. The number of benzene rings is 2. The van der Waals surface area contributed by atoms with Crippen LogP contribution in [0.25, 0.3) is 0 Å². The van der Waals surface area contributed by atoms with E-state index in [-0.39, 0.29) is 25.7 Å². The second-order valence-corrected chi connectivity index (χ2v) is 13.8. The molecule has 0 saturated carbocycles. The predicted molar refractivity (Wildman–Crippen MR) is 227 cm³/mol. The van der Waals surface area contributed by atoms with Crippen LogP contribution in [0.4, 0.5) is 11.4 Å². The monoisotopic (exact) mass is 814 g/mol. The molecular formula is C45H71N3O10. The Morgan fingerprint density at radius 2 is 1.43 bits per heavy atom. The summed E-state index contributed by atoms with van der Waals surface area (Å²) < 4.78 is 44.9. The Morgan fingerprint density at radius 3 is 2.05 bits per heavy atom. The molecule has 326 valence electrons. The number of methoxy groups -OCH3 is 1. The molecule has 0 radical (unpaired) electrons.